The standard InChI is InChI=1S/C16H27N3O4/c1-15(2,3)22-13(20)19(14(21)23-16(4,5)6)12-8-7-11(9-17)10-18-12/h7-8,10,13,20H,9,17H2,1-6H3. The number of hydrogen-bond donors (Lipinski definition) is 2. The summed E-state index contributed by atoms with van der Waals surface area (Å²) in [5, 5.41) is 10.3. The number of rotatable bonds is 4. The number of nitrogens with zero attached hydrogens (tertiary/aromatic N) is 2. The highest BCUT2D eigenvalue weighted by molar-refractivity contribution is 5.86. The van der Waals surface area contributed by atoms with Gasteiger partial charge in [0.2, 0.25) is 6.41 Å². The fourth-order valence-corrected chi connectivity index (χ4v) is 1.66. The van der Waals surface area contributed by atoms with Crippen molar-refractivity contribution in [3.05, 3.63) is 23.9 Å². The molecule has 0 bridgehead atoms. The van der Waals surface area contributed by atoms with Crippen molar-refractivity contribution in [2.45, 2.75) is 65.7 Å². The molecule has 0 aliphatic rings. The minimum absolute atomic E-state index is 0.216. The molecule has 7 heteroatoms. The van der Waals surface area contributed by atoms with Crippen LogP contribution < -0.4 is 10.6 Å². The first-order valence-corrected chi connectivity index (χ1v) is 7.46. The van der Waals surface area contributed by atoms with Crippen molar-refractivity contribution in [2.75, 3.05) is 4.90 Å². The van der Waals surface area contributed by atoms with Gasteiger partial charge in [-0.3, -0.25) is 0 Å². The van der Waals surface area contributed by atoms with Crippen LogP contribution in [-0.4, -0.2) is 33.8 Å². The average molecular weight is 325 g/mol. The van der Waals surface area contributed by atoms with Crippen LogP contribution in [0.4, 0.5) is 10.6 Å². The summed E-state index contributed by atoms with van der Waals surface area (Å²) in [5.74, 6) is 0.216. The molecule has 1 heterocycles. The Morgan fingerprint density at radius 1 is 1.26 bits per heavy atom. The summed E-state index contributed by atoms with van der Waals surface area (Å²) < 4.78 is 10.8. The first-order chi connectivity index (χ1) is 10.4. The van der Waals surface area contributed by atoms with E-state index in [-0.39, 0.29) is 5.82 Å². The smallest absolute Gasteiger partial charge is 0.420 e. The molecule has 0 spiro atoms. The molecule has 0 saturated carbocycles. The number of carbonyl (C=O) groups is 1. The Kier molecular flexibility index (Phi) is 6.10. The molecule has 1 rings (SSSR count). The van der Waals surface area contributed by atoms with Crippen LogP contribution in [0, 0.1) is 0 Å². The number of amides is 1. The lowest BCUT2D eigenvalue weighted by Crippen LogP contribution is -2.48. The van der Waals surface area contributed by atoms with Gasteiger partial charge in [0, 0.05) is 12.7 Å². The number of nitrogens with two attached hydrogens (primary N) is 1. The van der Waals surface area contributed by atoms with Crippen LogP contribution in [0.25, 0.3) is 0 Å². The van der Waals surface area contributed by atoms with Crippen molar-refractivity contribution < 1.29 is 19.4 Å². The van der Waals surface area contributed by atoms with E-state index < -0.39 is 23.7 Å². The lowest BCUT2D eigenvalue weighted by Gasteiger charge is -2.33. The third-order valence-corrected chi connectivity index (χ3v) is 2.56. The Labute approximate surface area is 137 Å². The van der Waals surface area contributed by atoms with Gasteiger partial charge in [-0.05, 0) is 53.2 Å². The Balaban J connectivity index is 3.11. The van der Waals surface area contributed by atoms with E-state index in [4.69, 9.17) is 15.2 Å². The van der Waals surface area contributed by atoms with E-state index in [0.717, 1.165) is 10.5 Å². The fourth-order valence-electron chi connectivity index (χ4n) is 1.66. The number of ether oxygens (including phenoxy) is 2. The Morgan fingerprint density at radius 3 is 2.26 bits per heavy atom. The van der Waals surface area contributed by atoms with Crippen molar-refractivity contribution >= 4 is 11.9 Å². The Bertz CT molecular complexity index is 518. The van der Waals surface area contributed by atoms with Gasteiger partial charge in [-0.2, -0.15) is 0 Å². The van der Waals surface area contributed by atoms with Gasteiger partial charge in [0.05, 0.1) is 5.60 Å². The van der Waals surface area contributed by atoms with Gasteiger partial charge >= 0.3 is 6.09 Å². The van der Waals surface area contributed by atoms with Crippen LogP contribution in [0.15, 0.2) is 18.3 Å². The van der Waals surface area contributed by atoms with Crippen LogP contribution in [0.1, 0.15) is 47.1 Å². The van der Waals surface area contributed by atoms with Gasteiger partial charge in [-0.25, -0.2) is 14.7 Å². The predicted molar refractivity (Wildman–Crippen MR) is 87.7 cm³/mol. The fraction of sp³-hybridized carbons (Fsp3) is 0.625. The summed E-state index contributed by atoms with van der Waals surface area (Å²) in [6.07, 6.45) is -0.736. The third-order valence-electron chi connectivity index (χ3n) is 2.56. The molecular weight excluding hydrogens is 298 g/mol. The van der Waals surface area contributed by atoms with E-state index in [1.807, 2.05) is 0 Å². The number of pyridine rings is 1. The lowest BCUT2D eigenvalue weighted by atomic mass is 10.2. The summed E-state index contributed by atoms with van der Waals surface area (Å²) in [5.41, 5.74) is 4.98. The van der Waals surface area contributed by atoms with Crippen LogP contribution >= 0.6 is 0 Å². The second-order valence-electron chi connectivity index (χ2n) is 7.14. The van der Waals surface area contributed by atoms with Crippen molar-refractivity contribution in [2.24, 2.45) is 5.73 Å². The zero-order valence-electron chi connectivity index (χ0n) is 14.7. The molecule has 1 aromatic rings. The van der Waals surface area contributed by atoms with E-state index in [9.17, 15) is 9.90 Å². The number of aliphatic hydroxyl groups is 1. The first-order valence-electron chi connectivity index (χ1n) is 7.46. The quantitative estimate of drug-likeness (QED) is 0.825. The van der Waals surface area contributed by atoms with Gasteiger partial charge in [-0.15, -0.1) is 0 Å². The van der Waals surface area contributed by atoms with Crippen LogP contribution in [-0.2, 0) is 16.0 Å². The molecule has 0 aliphatic heterocycles. The van der Waals surface area contributed by atoms with E-state index >= 15 is 0 Å². The molecule has 130 valence electrons. The maximum absolute atomic E-state index is 12.4. The number of anilines is 1. The molecule has 0 aliphatic carbocycles. The largest absolute Gasteiger partial charge is 0.443 e. The van der Waals surface area contributed by atoms with Gasteiger partial charge in [0.15, 0.2) is 0 Å². The molecular formula is C16H27N3O4. The predicted octanol–water partition coefficient (Wildman–Crippen LogP) is 2.37. The molecule has 3 N–H and O–H groups in total. The van der Waals surface area contributed by atoms with E-state index in [0.29, 0.717) is 6.54 Å². The third kappa shape index (κ3) is 6.52. The molecule has 1 atom stereocenters. The normalized spacial score (nSPS) is 13.6. The van der Waals surface area contributed by atoms with Gasteiger partial charge < -0.3 is 20.3 Å². The minimum atomic E-state index is -1.53. The van der Waals surface area contributed by atoms with Crippen LogP contribution in [0.3, 0.4) is 0 Å². The molecule has 1 aromatic heterocycles. The van der Waals surface area contributed by atoms with E-state index in [1.165, 1.54) is 6.20 Å². The van der Waals surface area contributed by atoms with Crippen LogP contribution in [0.5, 0.6) is 0 Å². The monoisotopic (exact) mass is 325 g/mol. The highest BCUT2D eigenvalue weighted by atomic mass is 16.7. The highest BCUT2D eigenvalue weighted by Crippen LogP contribution is 2.21. The molecule has 1 unspecified atom stereocenters. The maximum Gasteiger partial charge on any atom is 0.420 e. The van der Waals surface area contributed by atoms with E-state index in [2.05, 4.69) is 4.98 Å². The molecule has 0 saturated heterocycles. The SMILES string of the molecule is CC(C)(C)OC(=O)N(c1ccc(CN)cn1)C(O)OC(C)(C)C. The van der Waals surface area contributed by atoms with Gasteiger partial charge in [0.1, 0.15) is 11.4 Å². The zero-order valence-corrected chi connectivity index (χ0v) is 14.7. The Morgan fingerprint density at radius 2 is 1.87 bits per heavy atom. The van der Waals surface area contributed by atoms with Crippen molar-refractivity contribution in [3.8, 4) is 0 Å². The van der Waals surface area contributed by atoms with Crippen molar-refractivity contribution in [1.82, 2.24) is 4.98 Å². The molecule has 7 nitrogen and oxygen atoms in total. The minimum Gasteiger partial charge on any atom is -0.443 e. The van der Waals surface area contributed by atoms with Crippen LogP contribution in [0.2, 0.25) is 0 Å². The zero-order chi connectivity index (χ0) is 17.8. The topological polar surface area (TPSA) is 97.9 Å². The van der Waals surface area contributed by atoms with Crippen molar-refractivity contribution in [3.63, 3.8) is 0 Å². The molecule has 0 aromatic carbocycles. The molecule has 0 radical (unpaired) electrons. The summed E-state index contributed by atoms with van der Waals surface area (Å²) in [7, 11) is 0. The summed E-state index contributed by atoms with van der Waals surface area (Å²) in [6, 6.07) is 3.31. The number of hydrogen-bond acceptors (Lipinski definition) is 6. The summed E-state index contributed by atoms with van der Waals surface area (Å²) in [6.45, 7) is 10.9. The van der Waals surface area contributed by atoms with Gasteiger partial charge in [0.25, 0.3) is 0 Å². The number of carbonyl (C=O) groups excluding carboxylic acids is 1. The number of aromatic nitrogens is 1. The summed E-state index contributed by atoms with van der Waals surface area (Å²) >= 11 is 0. The molecule has 23 heavy (non-hydrogen) atoms. The second kappa shape index (κ2) is 7.25. The first kappa shape index (κ1) is 19.3. The highest BCUT2D eigenvalue weighted by Gasteiger charge is 2.32. The number of aliphatic hydroxyl groups excluding tert-OH is 1. The molecule has 1 amide bonds. The maximum atomic E-state index is 12.4. The Hall–Kier alpha value is -1.70. The molecule has 0 fully saturated rings. The van der Waals surface area contributed by atoms with E-state index in [1.54, 1.807) is 53.7 Å². The lowest BCUT2D eigenvalue weighted by molar-refractivity contribution is -0.163. The second-order valence-corrected chi connectivity index (χ2v) is 7.14. The van der Waals surface area contributed by atoms with Crippen molar-refractivity contribution in [1.29, 1.82) is 0 Å². The van der Waals surface area contributed by atoms with Gasteiger partial charge in [-0.1, -0.05) is 6.07 Å². The summed E-state index contributed by atoms with van der Waals surface area (Å²) in [4.78, 5) is 17.6. The average Bonchev–Trinajstić information content (AvgIpc) is 2.35.